The smallest absolute Gasteiger partial charge is 0.462 e. The number of likely N-dealkylation sites (N-methyl/N-ethyl adjacent to an activating group) is 1. The fraction of sp³-hybridized carbons (Fsp3) is 0.822. The van der Waals surface area contributed by atoms with Crippen molar-refractivity contribution in [1.29, 1.82) is 0 Å². The third-order valence-corrected chi connectivity index (χ3v) is 10.8. The summed E-state index contributed by atoms with van der Waals surface area (Å²) in [5.41, 5.74) is 0. The van der Waals surface area contributed by atoms with E-state index in [0.29, 0.717) is 23.9 Å². The molecule has 10 nitrogen and oxygen atoms in total. The van der Waals surface area contributed by atoms with Crippen LogP contribution in [0.3, 0.4) is 0 Å². The van der Waals surface area contributed by atoms with Crippen LogP contribution in [0.25, 0.3) is 0 Å². The number of carbonyl (C=O) groups is 2. The first-order valence-electron chi connectivity index (χ1n) is 22.3. The Morgan fingerprint density at radius 3 is 1.80 bits per heavy atom. The van der Waals surface area contributed by atoms with Gasteiger partial charge >= 0.3 is 19.8 Å². The van der Waals surface area contributed by atoms with Crippen LogP contribution in [-0.4, -0.2) is 87.1 Å². The minimum Gasteiger partial charge on any atom is -0.462 e. The Labute approximate surface area is 342 Å². The number of unbranched alkanes of at least 4 members (excludes halogenated alkanes) is 16. The molecule has 0 saturated carbocycles. The van der Waals surface area contributed by atoms with Gasteiger partial charge in [-0.1, -0.05) is 147 Å². The number of ether oxygens (including phenoxy) is 3. The summed E-state index contributed by atoms with van der Waals surface area (Å²) in [5.74, 6) is -0.872. The molecule has 3 unspecified atom stereocenters. The fourth-order valence-electron chi connectivity index (χ4n) is 6.22. The van der Waals surface area contributed by atoms with Gasteiger partial charge < -0.3 is 23.6 Å². The topological polar surface area (TPSA) is 121 Å². The molecule has 4 atom stereocenters. The van der Waals surface area contributed by atoms with Crippen molar-refractivity contribution < 1.29 is 46.8 Å². The van der Waals surface area contributed by atoms with Gasteiger partial charge in [-0.15, -0.1) is 0 Å². The Balaban J connectivity index is 2.33. The molecule has 0 aromatic rings. The molecule has 326 valence electrons. The molecule has 1 fully saturated rings. The van der Waals surface area contributed by atoms with E-state index in [2.05, 4.69) is 50.3 Å². The molecule has 11 heteroatoms. The summed E-state index contributed by atoms with van der Waals surface area (Å²) in [6.07, 6.45) is 39.2. The van der Waals surface area contributed by atoms with E-state index in [1.807, 2.05) is 21.1 Å². The molecule has 0 aromatic heterocycles. The number of phosphoric acid groups is 1. The van der Waals surface area contributed by atoms with Crippen LogP contribution in [0.2, 0.25) is 0 Å². The van der Waals surface area contributed by atoms with E-state index >= 15 is 0 Å². The minimum absolute atomic E-state index is 0.0202. The third-order valence-electron chi connectivity index (χ3n) is 9.85. The molecule has 0 aliphatic carbocycles. The lowest BCUT2D eigenvalue weighted by Gasteiger charge is -2.24. The Bertz CT molecular complexity index is 1120. The lowest BCUT2D eigenvalue weighted by atomic mass is 10.0. The Hall–Kier alpha value is -1.81. The van der Waals surface area contributed by atoms with Gasteiger partial charge in [-0.25, -0.2) is 4.57 Å². The minimum atomic E-state index is -4.39. The number of allylic oxidation sites excluding steroid dienone is 5. The second-order valence-electron chi connectivity index (χ2n) is 16.5. The summed E-state index contributed by atoms with van der Waals surface area (Å²) in [5, 5.41) is 0. The van der Waals surface area contributed by atoms with E-state index in [1.165, 1.54) is 89.9 Å². The summed E-state index contributed by atoms with van der Waals surface area (Å²) in [6, 6.07) is 0. The van der Waals surface area contributed by atoms with Crippen LogP contribution in [0.15, 0.2) is 36.5 Å². The highest BCUT2D eigenvalue weighted by molar-refractivity contribution is 7.47. The third kappa shape index (κ3) is 34.3. The average molecular weight is 813 g/mol. The molecule has 0 radical (unpaired) electrons. The molecular formula is C45H83NO9P+. The van der Waals surface area contributed by atoms with E-state index in [1.54, 1.807) is 0 Å². The van der Waals surface area contributed by atoms with Crippen LogP contribution in [-0.2, 0) is 37.4 Å². The van der Waals surface area contributed by atoms with Crippen molar-refractivity contribution in [1.82, 2.24) is 0 Å². The number of carbonyl (C=O) groups excluding carboxylic acids is 2. The predicted molar refractivity (Wildman–Crippen MR) is 228 cm³/mol. The van der Waals surface area contributed by atoms with Crippen LogP contribution in [0.4, 0.5) is 0 Å². The molecule has 0 bridgehead atoms. The van der Waals surface area contributed by atoms with E-state index in [9.17, 15) is 19.0 Å². The maximum absolute atomic E-state index is 12.7. The summed E-state index contributed by atoms with van der Waals surface area (Å²) >= 11 is 0. The van der Waals surface area contributed by atoms with Gasteiger partial charge in [0.25, 0.3) is 0 Å². The number of nitrogens with zero attached hydrogens (tertiary/aromatic N) is 1. The van der Waals surface area contributed by atoms with Gasteiger partial charge in [-0.2, -0.15) is 0 Å². The maximum Gasteiger partial charge on any atom is 0.472 e. The maximum atomic E-state index is 12.7. The number of rotatable bonds is 39. The molecule has 1 aliphatic rings. The molecule has 1 aliphatic heterocycles. The van der Waals surface area contributed by atoms with Crippen molar-refractivity contribution >= 4 is 19.8 Å². The van der Waals surface area contributed by atoms with E-state index in [0.717, 1.165) is 44.9 Å². The summed E-state index contributed by atoms with van der Waals surface area (Å²) in [6.45, 7) is 4.31. The highest BCUT2D eigenvalue weighted by atomic mass is 31.2. The number of epoxide rings is 1. The van der Waals surface area contributed by atoms with Crippen LogP contribution < -0.4 is 0 Å². The monoisotopic (exact) mass is 813 g/mol. The van der Waals surface area contributed by atoms with Gasteiger partial charge in [0.2, 0.25) is 0 Å². The Morgan fingerprint density at radius 2 is 1.20 bits per heavy atom. The highest BCUT2D eigenvalue weighted by Crippen LogP contribution is 2.43. The Kier molecular flexibility index (Phi) is 31.8. The summed E-state index contributed by atoms with van der Waals surface area (Å²) < 4.78 is 40.1. The van der Waals surface area contributed by atoms with Gasteiger partial charge in [0.05, 0.1) is 40.0 Å². The van der Waals surface area contributed by atoms with E-state index < -0.39 is 32.5 Å². The first kappa shape index (κ1) is 52.2. The van der Waals surface area contributed by atoms with Gasteiger partial charge in [-0.3, -0.25) is 18.6 Å². The number of phosphoric ester groups is 1. The normalized spacial score (nSPS) is 17.5. The van der Waals surface area contributed by atoms with E-state index in [4.69, 9.17) is 23.3 Å². The molecule has 1 saturated heterocycles. The quantitative estimate of drug-likeness (QED) is 0.0161. The zero-order chi connectivity index (χ0) is 41.2. The molecule has 0 amide bonds. The van der Waals surface area contributed by atoms with Gasteiger partial charge in [0.1, 0.15) is 19.8 Å². The van der Waals surface area contributed by atoms with Gasteiger partial charge in [0.15, 0.2) is 6.10 Å². The van der Waals surface area contributed by atoms with E-state index in [-0.39, 0.29) is 38.3 Å². The fourth-order valence-corrected chi connectivity index (χ4v) is 6.96. The summed E-state index contributed by atoms with van der Waals surface area (Å²) in [4.78, 5) is 35.5. The zero-order valence-electron chi connectivity index (χ0n) is 36.3. The Morgan fingerprint density at radius 1 is 0.661 bits per heavy atom. The zero-order valence-corrected chi connectivity index (χ0v) is 37.2. The van der Waals surface area contributed by atoms with Gasteiger partial charge in [-0.05, 0) is 51.4 Å². The molecule has 0 aromatic carbocycles. The van der Waals surface area contributed by atoms with Crippen molar-refractivity contribution in [3.05, 3.63) is 36.5 Å². The number of esters is 2. The summed E-state index contributed by atoms with van der Waals surface area (Å²) in [7, 11) is 1.44. The van der Waals surface area contributed by atoms with Crippen molar-refractivity contribution in [3.63, 3.8) is 0 Å². The average Bonchev–Trinajstić information content (AvgIpc) is 3.90. The first-order chi connectivity index (χ1) is 27.0. The SMILES string of the molecule is CCCCC/C=C\C/C=C\C/C=C\CC1OC1CCCC(=O)OC[C@H](COP(=O)(O)OCC[N+](C)(C)C)OC(=O)CCCCCCCCCCCCCCCC. The van der Waals surface area contributed by atoms with Crippen molar-refractivity contribution in [2.75, 3.05) is 47.5 Å². The van der Waals surface area contributed by atoms with Crippen LogP contribution in [0.1, 0.15) is 174 Å². The van der Waals surface area contributed by atoms with Crippen molar-refractivity contribution in [3.8, 4) is 0 Å². The van der Waals surface area contributed by atoms with Gasteiger partial charge in [0, 0.05) is 12.8 Å². The molecule has 1 rings (SSSR count). The number of quaternary nitrogens is 1. The lowest BCUT2D eigenvalue weighted by molar-refractivity contribution is -0.870. The molecule has 0 spiro atoms. The largest absolute Gasteiger partial charge is 0.472 e. The second-order valence-corrected chi connectivity index (χ2v) is 17.9. The van der Waals surface area contributed by atoms with Crippen LogP contribution in [0.5, 0.6) is 0 Å². The standard InChI is InChI=1S/C45H82NO9P/c1-6-8-10-12-14-16-18-20-21-23-25-27-29-31-35-45(48)54-41(40-53-56(49,50)52-38-37-46(3,4)5)39-51-44(47)36-32-34-43-42(55-43)33-30-28-26-24-22-19-17-15-13-11-9-7-2/h15,17,22,24,28,30,41-43H,6-14,16,18-21,23,25-27,29,31-40H2,1-5H3/p+1/b17-15-,24-22-,30-28-/t41-,42?,43?/m1/s1. The molecule has 56 heavy (non-hydrogen) atoms. The van der Waals surface area contributed by atoms with Crippen LogP contribution in [0, 0.1) is 0 Å². The van der Waals surface area contributed by atoms with Crippen molar-refractivity contribution in [2.45, 2.75) is 193 Å². The number of hydrogen-bond donors (Lipinski definition) is 1. The lowest BCUT2D eigenvalue weighted by Crippen LogP contribution is -2.37. The second kappa shape index (κ2) is 34.1. The first-order valence-corrected chi connectivity index (χ1v) is 23.8. The number of hydrogen-bond acceptors (Lipinski definition) is 8. The van der Waals surface area contributed by atoms with Crippen molar-refractivity contribution in [2.24, 2.45) is 0 Å². The molecule has 1 heterocycles. The molecule has 1 N–H and O–H groups in total. The van der Waals surface area contributed by atoms with Crippen LogP contribution >= 0.6 is 7.82 Å². The molecular weight excluding hydrogens is 729 g/mol. The highest BCUT2D eigenvalue weighted by Gasteiger charge is 2.36. The predicted octanol–water partition coefficient (Wildman–Crippen LogP) is 11.5.